The van der Waals surface area contributed by atoms with Crippen LogP contribution in [0.4, 0.5) is 11.4 Å². The highest BCUT2D eigenvalue weighted by Crippen LogP contribution is 2.52. The van der Waals surface area contributed by atoms with Gasteiger partial charge in [-0.2, -0.15) is 17.0 Å². The van der Waals surface area contributed by atoms with E-state index >= 15 is 0 Å². The fourth-order valence-electron chi connectivity index (χ4n) is 6.19. The number of benzene rings is 3. The highest BCUT2D eigenvalue weighted by molar-refractivity contribution is 7.97. The van der Waals surface area contributed by atoms with Crippen LogP contribution in [0.3, 0.4) is 0 Å². The van der Waals surface area contributed by atoms with Crippen molar-refractivity contribution in [2.75, 3.05) is 4.90 Å². The van der Waals surface area contributed by atoms with Crippen LogP contribution in [0.1, 0.15) is 60.4 Å². The molecule has 0 aromatic heterocycles. The normalized spacial score (nSPS) is 18.0. The number of hydrogen-bond acceptors (Lipinski definition) is 7. The number of rotatable bonds is 7. The maximum atomic E-state index is 14.0. The van der Waals surface area contributed by atoms with Gasteiger partial charge in [-0.25, -0.2) is 0 Å². The minimum Gasteiger partial charge on any atom is -0.384 e. The number of nitriles is 1. The zero-order chi connectivity index (χ0) is 31.1. The minimum absolute atomic E-state index is 0.0842. The summed E-state index contributed by atoms with van der Waals surface area (Å²) in [6.07, 6.45) is 0.747. The van der Waals surface area contributed by atoms with Crippen LogP contribution in [0, 0.1) is 40.7 Å². The third-order valence-electron chi connectivity index (χ3n) is 8.14. The van der Waals surface area contributed by atoms with Gasteiger partial charge in [0.05, 0.1) is 22.5 Å². The van der Waals surface area contributed by atoms with Gasteiger partial charge in [-0.1, -0.05) is 73.5 Å². The van der Waals surface area contributed by atoms with Gasteiger partial charge in [0.1, 0.15) is 11.5 Å². The van der Waals surface area contributed by atoms with Gasteiger partial charge in [-0.05, 0) is 60.1 Å². The van der Waals surface area contributed by atoms with Gasteiger partial charge in [0.15, 0.2) is 5.78 Å². The first-order valence-corrected chi connectivity index (χ1v) is 15.6. The van der Waals surface area contributed by atoms with Gasteiger partial charge in [0, 0.05) is 40.3 Å². The lowest BCUT2D eigenvalue weighted by atomic mass is 9.68. The molecule has 9 heteroatoms. The molecule has 0 spiro atoms. The van der Waals surface area contributed by atoms with Crippen LogP contribution in [0.5, 0.6) is 0 Å². The molecule has 43 heavy (non-hydrogen) atoms. The first-order chi connectivity index (χ1) is 20.4. The van der Waals surface area contributed by atoms with E-state index in [0.717, 1.165) is 33.8 Å². The molecule has 1 atom stereocenters. The maximum Gasteiger partial charge on any atom is 0.294 e. The van der Waals surface area contributed by atoms with Gasteiger partial charge >= 0.3 is 0 Å². The van der Waals surface area contributed by atoms with Crippen LogP contribution in [0.15, 0.2) is 83.3 Å². The van der Waals surface area contributed by atoms with Gasteiger partial charge in [-0.3, -0.25) is 19.8 Å². The summed E-state index contributed by atoms with van der Waals surface area (Å²) in [5.41, 5.74) is 12.8. The molecule has 0 amide bonds. The van der Waals surface area contributed by atoms with Gasteiger partial charge < -0.3 is 5.73 Å². The largest absolute Gasteiger partial charge is 0.384 e. The predicted molar refractivity (Wildman–Crippen MR) is 173 cm³/mol. The molecule has 0 saturated carbocycles. The van der Waals surface area contributed by atoms with Crippen molar-refractivity contribution in [1.29, 1.82) is 5.26 Å². The average Bonchev–Trinajstić information content (AvgIpc) is 2.94. The lowest BCUT2D eigenvalue weighted by Gasteiger charge is -2.43. The van der Waals surface area contributed by atoms with E-state index in [4.69, 9.17) is 17.3 Å². The molecule has 5 rings (SSSR count). The number of anilines is 1. The number of nitro groups is 1. The molecule has 1 unspecified atom stereocenters. The highest BCUT2D eigenvalue weighted by Gasteiger charge is 2.46. The fraction of sp³-hybridized carbons (Fsp3) is 0.294. The van der Waals surface area contributed by atoms with E-state index in [2.05, 4.69) is 24.3 Å². The lowest BCUT2D eigenvalue weighted by molar-refractivity contribution is -0.384. The minimum atomic E-state index is -0.677. The van der Waals surface area contributed by atoms with Crippen molar-refractivity contribution in [2.24, 2.45) is 11.1 Å². The second kappa shape index (κ2) is 11.9. The lowest BCUT2D eigenvalue weighted by Crippen LogP contribution is -2.42. The zero-order valence-electron chi connectivity index (χ0n) is 24.6. The highest BCUT2D eigenvalue weighted by atomic mass is 35.5. The molecule has 0 saturated heterocycles. The Morgan fingerprint density at radius 2 is 1.84 bits per heavy atom. The first kappa shape index (κ1) is 30.4. The van der Waals surface area contributed by atoms with Crippen molar-refractivity contribution in [3.8, 4) is 6.07 Å². The average molecular weight is 613 g/mol. The number of nitro benzene ring substituents is 1. The van der Waals surface area contributed by atoms with Crippen LogP contribution in [-0.4, -0.2) is 10.7 Å². The van der Waals surface area contributed by atoms with E-state index in [9.17, 15) is 20.2 Å². The number of nitrogens with two attached hydrogens (primary N) is 1. The molecule has 7 nitrogen and oxygen atoms in total. The maximum absolute atomic E-state index is 14.0. The van der Waals surface area contributed by atoms with Crippen molar-refractivity contribution < 1.29 is 9.72 Å². The molecule has 1 aliphatic heterocycles. The number of ketones is 1. The van der Waals surface area contributed by atoms with E-state index in [-0.39, 0.29) is 33.6 Å². The number of thioether (sulfide) groups is 1. The summed E-state index contributed by atoms with van der Waals surface area (Å²) in [5, 5.41) is 22.9. The van der Waals surface area contributed by atoms with Crippen molar-refractivity contribution >= 4 is 40.5 Å². The predicted octanol–water partition coefficient (Wildman–Crippen LogP) is 8.24. The second-order valence-corrected chi connectivity index (χ2v) is 13.4. The molecular weight excluding hydrogens is 580 g/mol. The molecule has 0 fully saturated rings. The summed E-state index contributed by atoms with van der Waals surface area (Å²) < 4.78 is 0. The molecule has 2 N–H and O–H groups in total. The Morgan fingerprint density at radius 1 is 1.12 bits per heavy atom. The van der Waals surface area contributed by atoms with E-state index in [1.54, 1.807) is 11.0 Å². The number of aryl methyl sites for hydroxylation is 1. The van der Waals surface area contributed by atoms with Gasteiger partial charge in [0.25, 0.3) is 5.69 Å². The van der Waals surface area contributed by atoms with Crippen LogP contribution in [0.25, 0.3) is 0 Å². The standard InChI is InChI=1S/C34H33ClN4O3S/c1-20-12-23(19-43-18-22-8-6-5-7-9-22)21(2)25(13-20)31-26(17-36)33(37)38(27-11-10-24(35)14-28(27)39(41)42)29-15-34(3,4)16-30(40)32(29)31/h5-14,31H,15-16,18-19,37H2,1-4H3. The Labute approximate surface area is 261 Å². The summed E-state index contributed by atoms with van der Waals surface area (Å²) in [4.78, 5) is 27.2. The third kappa shape index (κ3) is 5.93. The topological polar surface area (TPSA) is 113 Å². The monoisotopic (exact) mass is 612 g/mol. The van der Waals surface area contributed by atoms with Gasteiger partial charge in [0.2, 0.25) is 0 Å². The number of carbonyl (C=O) groups excluding carboxylic acids is 1. The molecule has 0 radical (unpaired) electrons. The van der Waals surface area contributed by atoms with E-state index < -0.39 is 16.3 Å². The van der Waals surface area contributed by atoms with Gasteiger partial charge in [-0.15, -0.1) is 0 Å². The van der Waals surface area contributed by atoms with Crippen molar-refractivity contribution in [1.82, 2.24) is 0 Å². The fourth-order valence-corrected chi connectivity index (χ4v) is 7.41. The summed E-state index contributed by atoms with van der Waals surface area (Å²) in [6, 6.07) is 21.1. The Kier molecular flexibility index (Phi) is 8.42. The summed E-state index contributed by atoms with van der Waals surface area (Å²) in [7, 11) is 0. The van der Waals surface area contributed by atoms with Crippen LogP contribution in [0.2, 0.25) is 5.02 Å². The number of carbonyl (C=O) groups is 1. The smallest absolute Gasteiger partial charge is 0.294 e. The van der Waals surface area contributed by atoms with E-state index in [0.29, 0.717) is 24.1 Å². The molecule has 2 aliphatic rings. The molecule has 220 valence electrons. The Balaban J connectivity index is 1.67. The number of Topliss-reactive ketones (excluding diaryl/α,β-unsaturated/α-hetero) is 1. The van der Waals surface area contributed by atoms with E-state index in [1.807, 2.05) is 63.7 Å². The Bertz CT molecular complexity index is 1740. The molecule has 3 aromatic carbocycles. The number of hydrogen-bond donors (Lipinski definition) is 1. The van der Waals surface area contributed by atoms with Crippen molar-refractivity contribution in [2.45, 2.75) is 58.0 Å². The molecule has 1 aliphatic carbocycles. The van der Waals surface area contributed by atoms with Crippen molar-refractivity contribution in [3.05, 3.63) is 126 Å². The summed E-state index contributed by atoms with van der Waals surface area (Å²) in [6.45, 7) is 8.04. The van der Waals surface area contributed by atoms with Crippen LogP contribution >= 0.6 is 23.4 Å². The number of nitrogens with zero attached hydrogens (tertiary/aromatic N) is 3. The first-order valence-electron chi connectivity index (χ1n) is 14.0. The Morgan fingerprint density at radius 3 is 2.51 bits per heavy atom. The quantitative estimate of drug-likeness (QED) is 0.211. The molecule has 1 heterocycles. The third-order valence-corrected chi connectivity index (χ3v) is 9.42. The summed E-state index contributed by atoms with van der Waals surface area (Å²) >= 11 is 7.94. The molecule has 0 bridgehead atoms. The second-order valence-electron chi connectivity index (χ2n) is 12.0. The number of allylic oxidation sites excluding steroid dienone is 3. The van der Waals surface area contributed by atoms with Crippen molar-refractivity contribution in [3.63, 3.8) is 0 Å². The van der Waals surface area contributed by atoms with Crippen LogP contribution < -0.4 is 10.6 Å². The molecular formula is C34H33ClN4O3S. The number of halogens is 1. The molecule has 3 aromatic rings. The zero-order valence-corrected chi connectivity index (χ0v) is 26.2. The van der Waals surface area contributed by atoms with Crippen LogP contribution in [-0.2, 0) is 16.3 Å². The van der Waals surface area contributed by atoms with E-state index in [1.165, 1.54) is 17.7 Å². The summed E-state index contributed by atoms with van der Waals surface area (Å²) in [5.74, 6) is 0.950. The Hall–Kier alpha value is -4.06. The SMILES string of the molecule is Cc1cc(CSCc2ccccc2)c(C)c(C2C(C#N)=C(N)N(c3ccc(Cl)cc3[N+](=O)[O-])C3=C2C(=O)CC(C)(C)C3)c1.